The average Bonchev–Trinajstić information content (AvgIpc) is 2.90. The first-order valence-corrected chi connectivity index (χ1v) is 7.58. The Kier molecular flexibility index (Phi) is 5.38. The zero-order valence-corrected chi connectivity index (χ0v) is 12.9. The molecule has 0 saturated carbocycles. The van der Waals surface area contributed by atoms with Gasteiger partial charge in [0, 0.05) is 25.3 Å². The van der Waals surface area contributed by atoms with Crippen LogP contribution in [0.4, 0.5) is 0 Å². The Morgan fingerprint density at radius 2 is 2.35 bits per heavy atom. The van der Waals surface area contributed by atoms with Crippen LogP contribution in [0.2, 0.25) is 5.02 Å². The molecule has 1 aromatic rings. The van der Waals surface area contributed by atoms with Gasteiger partial charge in [0.2, 0.25) is 0 Å². The topological polar surface area (TPSA) is 45.2 Å². The summed E-state index contributed by atoms with van der Waals surface area (Å²) in [5, 5.41) is 3.99. The molecule has 0 aromatic carbocycles. The van der Waals surface area contributed by atoms with Crippen molar-refractivity contribution in [3.63, 3.8) is 0 Å². The number of nitrogens with one attached hydrogen (secondary N) is 1. The number of rotatable bonds is 5. The maximum absolute atomic E-state index is 12.6. The van der Waals surface area contributed by atoms with Crippen molar-refractivity contribution < 1.29 is 4.79 Å². The molecule has 1 aromatic heterocycles. The molecule has 20 heavy (non-hydrogen) atoms. The fourth-order valence-electron chi connectivity index (χ4n) is 2.52. The van der Waals surface area contributed by atoms with E-state index in [0.29, 0.717) is 22.7 Å². The van der Waals surface area contributed by atoms with Gasteiger partial charge in [-0.2, -0.15) is 0 Å². The number of pyridine rings is 1. The van der Waals surface area contributed by atoms with Gasteiger partial charge in [-0.1, -0.05) is 25.4 Å². The first-order valence-electron chi connectivity index (χ1n) is 7.20. The van der Waals surface area contributed by atoms with Crippen LogP contribution in [-0.2, 0) is 0 Å². The van der Waals surface area contributed by atoms with Crippen molar-refractivity contribution in [2.24, 2.45) is 5.92 Å². The molecular formula is C15H22ClN3O. The molecule has 0 spiro atoms. The minimum atomic E-state index is -0.0101. The Bertz CT molecular complexity index is 441. The summed E-state index contributed by atoms with van der Waals surface area (Å²) in [4.78, 5) is 18.6. The number of carbonyl (C=O) groups excluding carboxylic acids is 1. The number of amides is 1. The summed E-state index contributed by atoms with van der Waals surface area (Å²) in [6, 6.07) is 3.81. The van der Waals surface area contributed by atoms with E-state index in [4.69, 9.17) is 11.6 Å². The molecule has 1 unspecified atom stereocenters. The third kappa shape index (κ3) is 4.18. The van der Waals surface area contributed by atoms with Gasteiger partial charge in [-0.3, -0.25) is 4.79 Å². The highest BCUT2D eigenvalue weighted by Gasteiger charge is 2.23. The molecule has 0 bridgehead atoms. The lowest BCUT2D eigenvalue weighted by Gasteiger charge is -2.27. The van der Waals surface area contributed by atoms with Gasteiger partial charge in [-0.15, -0.1) is 0 Å². The van der Waals surface area contributed by atoms with E-state index >= 15 is 0 Å². The molecule has 5 heteroatoms. The van der Waals surface area contributed by atoms with Gasteiger partial charge in [-0.25, -0.2) is 4.98 Å². The molecule has 1 fully saturated rings. The second-order valence-electron chi connectivity index (χ2n) is 5.76. The third-order valence-corrected chi connectivity index (χ3v) is 3.65. The first kappa shape index (κ1) is 15.3. The molecule has 1 N–H and O–H groups in total. The fraction of sp³-hybridized carbons (Fsp3) is 0.600. The monoisotopic (exact) mass is 295 g/mol. The lowest BCUT2D eigenvalue weighted by Crippen LogP contribution is -2.43. The van der Waals surface area contributed by atoms with Gasteiger partial charge in [0.05, 0.1) is 5.02 Å². The molecule has 1 atom stereocenters. The highest BCUT2D eigenvalue weighted by molar-refractivity contribution is 6.30. The van der Waals surface area contributed by atoms with Crippen LogP contribution in [0.25, 0.3) is 0 Å². The predicted molar refractivity (Wildman–Crippen MR) is 81.0 cm³/mol. The van der Waals surface area contributed by atoms with Crippen LogP contribution in [0.1, 0.15) is 37.2 Å². The number of hydrogen-bond donors (Lipinski definition) is 1. The van der Waals surface area contributed by atoms with Crippen LogP contribution >= 0.6 is 11.6 Å². The summed E-state index contributed by atoms with van der Waals surface area (Å²) < 4.78 is 0. The Morgan fingerprint density at radius 3 is 2.90 bits per heavy atom. The van der Waals surface area contributed by atoms with Gasteiger partial charge in [0.25, 0.3) is 5.91 Å². The van der Waals surface area contributed by atoms with E-state index in [0.717, 1.165) is 26.1 Å². The van der Waals surface area contributed by atoms with E-state index in [1.807, 2.05) is 4.90 Å². The number of nitrogens with zero attached hydrogens (tertiary/aromatic N) is 2. The standard InChI is InChI=1S/C15H22ClN3O/c1-11(2)9-19(10-13-4-3-7-17-13)15(20)14-6-5-12(16)8-18-14/h5-6,8,11,13,17H,3-4,7,9-10H2,1-2H3. The van der Waals surface area contributed by atoms with Gasteiger partial charge in [0.1, 0.15) is 5.69 Å². The summed E-state index contributed by atoms with van der Waals surface area (Å²) in [5.41, 5.74) is 0.466. The third-order valence-electron chi connectivity index (χ3n) is 3.42. The summed E-state index contributed by atoms with van der Waals surface area (Å²) in [5.74, 6) is 0.428. The number of halogens is 1. The first-order chi connectivity index (χ1) is 9.56. The fourth-order valence-corrected chi connectivity index (χ4v) is 2.64. The van der Waals surface area contributed by atoms with Crippen LogP contribution in [0.3, 0.4) is 0 Å². The van der Waals surface area contributed by atoms with Gasteiger partial charge in [-0.05, 0) is 37.4 Å². The van der Waals surface area contributed by atoms with Crippen molar-refractivity contribution in [2.75, 3.05) is 19.6 Å². The van der Waals surface area contributed by atoms with E-state index in [1.54, 1.807) is 12.1 Å². The van der Waals surface area contributed by atoms with Crippen molar-refractivity contribution in [2.45, 2.75) is 32.7 Å². The van der Waals surface area contributed by atoms with Crippen molar-refractivity contribution >= 4 is 17.5 Å². The smallest absolute Gasteiger partial charge is 0.272 e. The Labute approximate surface area is 125 Å². The highest BCUT2D eigenvalue weighted by atomic mass is 35.5. The molecule has 0 radical (unpaired) electrons. The van der Waals surface area contributed by atoms with Crippen molar-refractivity contribution in [3.8, 4) is 0 Å². The molecule has 110 valence electrons. The second kappa shape index (κ2) is 7.04. The molecule has 4 nitrogen and oxygen atoms in total. The quantitative estimate of drug-likeness (QED) is 0.908. The van der Waals surface area contributed by atoms with E-state index in [9.17, 15) is 4.79 Å². The number of aromatic nitrogens is 1. The highest BCUT2D eigenvalue weighted by Crippen LogP contribution is 2.13. The van der Waals surface area contributed by atoms with E-state index in [1.165, 1.54) is 12.6 Å². The largest absolute Gasteiger partial charge is 0.335 e. The van der Waals surface area contributed by atoms with Crippen molar-refractivity contribution in [1.29, 1.82) is 0 Å². The molecule has 2 heterocycles. The summed E-state index contributed by atoms with van der Waals surface area (Å²) in [7, 11) is 0. The van der Waals surface area contributed by atoms with Crippen LogP contribution in [0.5, 0.6) is 0 Å². The SMILES string of the molecule is CC(C)CN(CC1CCCN1)C(=O)c1ccc(Cl)cn1. The van der Waals surface area contributed by atoms with Crippen LogP contribution < -0.4 is 5.32 Å². The summed E-state index contributed by atoms with van der Waals surface area (Å²) >= 11 is 5.82. The molecule has 1 amide bonds. The van der Waals surface area contributed by atoms with Crippen LogP contribution in [0, 0.1) is 5.92 Å². The molecule has 1 saturated heterocycles. The Hall–Kier alpha value is -1.13. The molecule has 0 aliphatic carbocycles. The normalized spacial score (nSPS) is 18.5. The zero-order valence-electron chi connectivity index (χ0n) is 12.1. The van der Waals surface area contributed by atoms with Gasteiger partial charge in [0.15, 0.2) is 0 Å². The molecule has 1 aliphatic rings. The Balaban J connectivity index is 2.07. The maximum Gasteiger partial charge on any atom is 0.272 e. The van der Waals surface area contributed by atoms with E-state index in [2.05, 4.69) is 24.1 Å². The predicted octanol–water partition coefficient (Wildman–Crippen LogP) is 2.59. The molecule has 1 aliphatic heterocycles. The molecule has 2 rings (SSSR count). The average molecular weight is 296 g/mol. The minimum absolute atomic E-state index is 0.0101. The lowest BCUT2D eigenvalue weighted by atomic mass is 10.1. The maximum atomic E-state index is 12.6. The summed E-state index contributed by atoms with van der Waals surface area (Å²) in [6.45, 7) is 6.80. The summed E-state index contributed by atoms with van der Waals surface area (Å²) in [6.07, 6.45) is 3.85. The van der Waals surface area contributed by atoms with Crippen molar-refractivity contribution in [3.05, 3.63) is 29.0 Å². The number of carbonyl (C=O) groups is 1. The van der Waals surface area contributed by atoms with Crippen molar-refractivity contribution in [1.82, 2.24) is 15.2 Å². The lowest BCUT2D eigenvalue weighted by molar-refractivity contribution is 0.0715. The number of hydrogen-bond acceptors (Lipinski definition) is 3. The van der Waals surface area contributed by atoms with Gasteiger partial charge < -0.3 is 10.2 Å². The minimum Gasteiger partial charge on any atom is -0.335 e. The van der Waals surface area contributed by atoms with Crippen LogP contribution in [-0.4, -0.2) is 41.5 Å². The zero-order chi connectivity index (χ0) is 14.5. The second-order valence-corrected chi connectivity index (χ2v) is 6.20. The van der Waals surface area contributed by atoms with Crippen LogP contribution in [0.15, 0.2) is 18.3 Å². The molecular weight excluding hydrogens is 274 g/mol. The Morgan fingerprint density at radius 1 is 1.55 bits per heavy atom. The van der Waals surface area contributed by atoms with E-state index < -0.39 is 0 Å². The van der Waals surface area contributed by atoms with Gasteiger partial charge >= 0.3 is 0 Å². The van der Waals surface area contributed by atoms with E-state index in [-0.39, 0.29) is 5.91 Å².